The summed E-state index contributed by atoms with van der Waals surface area (Å²) in [5.41, 5.74) is 0. The summed E-state index contributed by atoms with van der Waals surface area (Å²) < 4.78 is 0. The second-order valence-corrected chi connectivity index (χ2v) is 3.82. The molecule has 0 amide bonds. The molecule has 0 aromatic heterocycles. The first-order chi connectivity index (χ1) is 5.24. The van der Waals surface area contributed by atoms with Crippen LogP contribution >= 0.6 is 18.6 Å². The number of halogens is 2. The first-order valence-corrected chi connectivity index (χ1v) is 7.75. The molecule has 0 spiro atoms. The quantitative estimate of drug-likeness (QED) is 0.736. The summed E-state index contributed by atoms with van der Waals surface area (Å²) >= 11 is -0.556. The van der Waals surface area contributed by atoms with E-state index >= 15 is 0 Å². The van der Waals surface area contributed by atoms with E-state index in [1.54, 1.807) is 6.92 Å². The van der Waals surface area contributed by atoms with Crippen molar-refractivity contribution in [2.24, 2.45) is 0 Å². The van der Waals surface area contributed by atoms with Gasteiger partial charge < -0.3 is 10.4 Å². The molecule has 0 bridgehead atoms. The Hall–Kier alpha value is 1.21. The molecule has 70 valence electrons. The molecular formula is C6H16Cl2NOTi-. The molecule has 0 aliphatic rings. The van der Waals surface area contributed by atoms with Gasteiger partial charge in [-0.3, -0.25) is 0 Å². The summed E-state index contributed by atoms with van der Waals surface area (Å²) in [5.74, 6) is 0. The molecule has 2 nitrogen and oxygen atoms in total. The van der Waals surface area contributed by atoms with E-state index in [0.29, 0.717) is 0 Å². The molecule has 0 aromatic carbocycles. The summed E-state index contributed by atoms with van der Waals surface area (Å²) in [6.07, 6.45) is 0. The van der Waals surface area contributed by atoms with Crippen molar-refractivity contribution < 1.29 is 22.1 Å². The standard InChI is InChI=1S/C4H10N.C2H6O.2ClH.Ti/c1-3-5-4-2;1-2-3;;;/h3-4H2,1-2H3;3H,2H2,1H3;2*1H;/q-1;;;;+2/p-2. The van der Waals surface area contributed by atoms with Crippen LogP contribution in [-0.2, 0) is 17.0 Å². The molecule has 11 heavy (non-hydrogen) atoms. The Labute approximate surface area is 86.3 Å². The fourth-order valence-electron chi connectivity index (χ4n) is 0.224. The van der Waals surface area contributed by atoms with Crippen LogP contribution in [0.3, 0.4) is 0 Å². The molecule has 0 heterocycles. The van der Waals surface area contributed by atoms with Gasteiger partial charge in [0.05, 0.1) is 0 Å². The van der Waals surface area contributed by atoms with Crippen molar-refractivity contribution in [2.45, 2.75) is 20.8 Å². The molecule has 0 saturated heterocycles. The molecule has 1 N–H and O–H groups in total. The summed E-state index contributed by atoms with van der Waals surface area (Å²) in [6.45, 7) is 7.96. The average molecular weight is 237 g/mol. The Morgan fingerprint density at radius 1 is 1.18 bits per heavy atom. The topological polar surface area (TPSA) is 34.3 Å². The number of rotatable bonds is 2. The van der Waals surface area contributed by atoms with E-state index in [0.717, 1.165) is 13.1 Å². The van der Waals surface area contributed by atoms with Gasteiger partial charge >= 0.3 is 35.6 Å². The molecule has 5 heteroatoms. The summed E-state index contributed by atoms with van der Waals surface area (Å²) in [7, 11) is 9.78. The Balaban J connectivity index is -0.0000000933. The van der Waals surface area contributed by atoms with Crippen LogP contribution in [0.4, 0.5) is 0 Å². The van der Waals surface area contributed by atoms with Crippen molar-refractivity contribution in [1.82, 2.24) is 0 Å². The predicted octanol–water partition coefficient (Wildman–Crippen LogP) is 2.78. The minimum absolute atomic E-state index is 0.250. The molecule has 0 aromatic rings. The third-order valence-corrected chi connectivity index (χ3v) is 0.447. The van der Waals surface area contributed by atoms with Crippen molar-refractivity contribution in [3.8, 4) is 0 Å². The van der Waals surface area contributed by atoms with Gasteiger partial charge in [-0.1, -0.05) is 13.8 Å². The van der Waals surface area contributed by atoms with E-state index in [1.807, 2.05) is 13.8 Å². The van der Waals surface area contributed by atoms with Gasteiger partial charge in [0.1, 0.15) is 0 Å². The van der Waals surface area contributed by atoms with E-state index in [1.165, 1.54) is 0 Å². The van der Waals surface area contributed by atoms with Gasteiger partial charge in [-0.25, -0.2) is 0 Å². The van der Waals surface area contributed by atoms with Crippen molar-refractivity contribution in [3.05, 3.63) is 5.32 Å². The molecule has 0 fully saturated rings. The maximum absolute atomic E-state index is 7.57. The number of aliphatic hydroxyl groups excluding tert-OH is 1. The Morgan fingerprint density at radius 3 is 1.36 bits per heavy atom. The monoisotopic (exact) mass is 236 g/mol. The van der Waals surface area contributed by atoms with Gasteiger partial charge in [-0.2, -0.15) is 13.1 Å². The van der Waals surface area contributed by atoms with E-state index in [2.05, 4.69) is 5.32 Å². The van der Waals surface area contributed by atoms with Crippen LogP contribution in [0, 0.1) is 0 Å². The second kappa shape index (κ2) is 30.3. The minimum atomic E-state index is -0.556. The number of hydrogen-bond donors (Lipinski definition) is 1. The van der Waals surface area contributed by atoms with E-state index < -0.39 is 17.0 Å². The van der Waals surface area contributed by atoms with Crippen LogP contribution < -0.4 is 0 Å². The van der Waals surface area contributed by atoms with Gasteiger partial charge in [-0.15, -0.1) is 0 Å². The van der Waals surface area contributed by atoms with Crippen LogP contribution in [0.25, 0.3) is 5.32 Å². The zero-order chi connectivity index (χ0) is 9.54. The van der Waals surface area contributed by atoms with Crippen LogP contribution in [0.2, 0.25) is 0 Å². The Kier molecular flexibility index (Phi) is 49.8. The molecule has 0 radical (unpaired) electrons. The van der Waals surface area contributed by atoms with Gasteiger partial charge in [-0.05, 0) is 6.92 Å². The molecular weight excluding hydrogens is 221 g/mol. The van der Waals surface area contributed by atoms with Gasteiger partial charge in [0.15, 0.2) is 0 Å². The fourth-order valence-corrected chi connectivity index (χ4v) is 0.224. The molecule has 0 rings (SSSR count). The number of nitrogens with zero attached hydrogens (tertiary/aromatic N) is 1. The van der Waals surface area contributed by atoms with Crippen molar-refractivity contribution in [3.63, 3.8) is 0 Å². The van der Waals surface area contributed by atoms with Crippen molar-refractivity contribution in [1.29, 1.82) is 0 Å². The van der Waals surface area contributed by atoms with Crippen LogP contribution in [0.1, 0.15) is 20.8 Å². The SMILES string of the molecule is CCO.CC[N-]CC.[Cl][Ti][Cl]. The predicted molar refractivity (Wildman–Crippen MR) is 48.9 cm³/mol. The summed E-state index contributed by atoms with van der Waals surface area (Å²) in [4.78, 5) is 0. The second-order valence-electron chi connectivity index (χ2n) is 1.24. The van der Waals surface area contributed by atoms with Crippen molar-refractivity contribution in [2.75, 3.05) is 19.7 Å². The van der Waals surface area contributed by atoms with Crippen LogP contribution in [0.15, 0.2) is 0 Å². The third kappa shape index (κ3) is 92.2. The van der Waals surface area contributed by atoms with E-state index in [-0.39, 0.29) is 6.61 Å². The van der Waals surface area contributed by atoms with E-state index in [9.17, 15) is 0 Å². The first-order valence-electron chi connectivity index (χ1n) is 3.45. The van der Waals surface area contributed by atoms with Gasteiger partial charge in [0.2, 0.25) is 0 Å². The maximum atomic E-state index is 7.57. The molecule has 0 atom stereocenters. The fraction of sp³-hybridized carbons (Fsp3) is 1.00. The molecule has 0 aliphatic heterocycles. The number of aliphatic hydroxyl groups is 1. The van der Waals surface area contributed by atoms with Crippen LogP contribution in [0.5, 0.6) is 0 Å². The summed E-state index contributed by atoms with van der Waals surface area (Å²) in [5, 5.41) is 11.5. The summed E-state index contributed by atoms with van der Waals surface area (Å²) in [6, 6.07) is 0. The Bertz CT molecular complexity index is 39.8. The average Bonchev–Trinajstić information content (AvgIpc) is 1.92. The zero-order valence-corrected chi connectivity index (χ0v) is 10.3. The molecule has 0 aliphatic carbocycles. The normalized spacial score (nSPS) is 6.73. The first kappa shape index (κ1) is 18.1. The van der Waals surface area contributed by atoms with E-state index in [4.69, 9.17) is 23.7 Å². The molecule has 0 saturated carbocycles. The van der Waals surface area contributed by atoms with Crippen molar-refractivity contribution >= 4 is 18.6 Å². The zero-order valence-electron chi connectivity index (χ0n) is 7.27. The van der Waals surface area contributed by atoms with Gasteiger partial charge in [0.25, 0.3) is 0 Å². The van der Waals surface area contributed by atoms with Crippen LogP contribution in [-0.4, -0.2) is 24.8 Å². The Morgan fingerprint density at radius 2 is 1.36 bits per heavy atom. The third-order valence-electron chi connectivity index (χ3n) is 0.447. The van der Waals surface area contributed by atoms with Gasteiger partial charge in [0, 0.05) is 6.61 Å². The number of hydrogen-bond acceptors (Lipinski definition) is 1. The molecule has 0 unspecified atom stereocenters.